The summed E-state index contributed by atoms with van der Waals surface area (Å²) in [5, 5.41) is 16.2. The van der Waals surface area contributed by atoms with Crippen LogP contribution in [-0.2, 0) is 4.79 Å². The van der Waals surface area contributed by atoms with E-state index in [-0.39, 0.29) is 23.6 Å². The zero-order valence-electron chi connectivity index (χ0n) is 11.3. The van der Waals surface area contributed by atoms with Crippen molar-refractivity contribution in [2.75, 3.05) is 33.2 Å². The van der Waals surface area contributed by atoms with Crippen molar-refractivity contribution in [2.24, 2.45) is 5.92 Å². The van der Waals surface area contributed by atoms with Gasteiger partial charge in [0.15, 0.2) is 5.69 Å². The van der Waals surface area contributed by atoms with E-state index in [0.29, 0.717) is 13.1 Å². The molecule has 0 saturated carbocycles. The highest BCUT2D eigenvalue weighted by molar-refractivity contribution is 5.84. The number of amides is 1. The molecule has 1 atom stereocenters. The number of carbonyl (C=O) groups is 2. The normalized spacial score (nSPS) is 23.9. The fraction of sp³-hybridized carbons (Fsp3) is 0.667. The molecule has 1 amide bonds. The lowest BCUT2D eigenvalue weighted by atomic mass is 10.0. The molecule has 3 heterocycles. The van der Waals surface area contributed by atoms with Crippen LogP contribution in [0.25, 0.3) is 0 Å². The number of aromatic carboxylic acids is 1. The van der Waals surface area contributed by atoms with E-state index in [0.717, 1.165) is 19.5 Å². The third kappa shape index (κ3) is 2.26. The molecule has 8 nitrogen and oxygen atoms in total. The molecule has 8 heteroatoms. The second kappa shape index (κ2) is 4.86. The van der Waals surface area contributed by atoms with E-state index in [1.807, 2.05) is 11.9 Å². The van der Waals surface area contributed by atoms with Crippen LogP contribution in [0.3, 0.4) is 0 Å². The highest BCUT2D eigenvalue weighted by Crippen LogP contribution is 2.25. The molecule has 3 rings (SSSR count). The molecule has 2 saturated heterocycles. The van der Waals surface area contributed by atoms with Crippen molar-refractivity contribution in [3.63, 3.8) is 0 Å². The van der Waals surface area contributed by atoms with Gasteiger partial charge < -0.3 is 14.9 Å². The van der Waals surface area contributed by atoms with E-state index in [1.54, 1.807) is 0 Å². The summed E-state index contributed by atoms with van der Waals surface area (Å²) in [5.41, 5.74) is -0.0628. The number of carboxylic acids is 1. The van der Waals surface area contributed by atoms with E-state index in [4.69, 9.17) is 5.11 Å². The maximum absolute atomic E-state index is 12.2. The van der Waals surface area contributed by atoms with Gasteiger partial charge in [-0.1, -0.05) is 5.21 Å². The molecular weight excluding hydrogens is 262 g/mol. The van der Waals surface area contributed by atoms with Gasteiger partial charge in [-0.25, -0.2) is 9.48 Å². The van der Waals surface area contributed by atoms with Crippen LogP contribution in [0.1, 0.15) is 23.0 Å². The third-order valence-corrected chi connectivity index (χ3v) is 4.02. The van der Waals surface area contributed by atoms with E-state index in [2.05, 4.69) is 15.2 Å². The maximum atomic E-state index is 12.2. The molecule has 0 aromatic carbocycles. The number of carbonyl (C=O) groups excluding carboxylic acids is 1. The molecule has 0 spiro atoms. The SMILES string of the molecule is CN1CCC(C(=O)N2CC(n3cc(C(=O)O)nn3)C2)C1. The average molecular weight is 279 g/mol. The summed E-state index contributed by atoms with van der Waals surface area (Å²) in [7, 11) is 2.02. The molecule has 1 aromatic rings. The molecule has 0 aliphatic carbocycles. The number of nitrogens with zero attached hydrogens (tertiary/aromatic N) is 5. The second-order valence-corrected chi connectivity index (χ2v) is 5.53. The molecule has 108 valence electrons. The van der Waals surface area contributed by atoms with Crippen molar-refractivity contribution in [3.8, 4) is 0 Å². The van der Waals surface area contributed by atoms with Gasteiger partial charge in [-0.05, 0) is 20.0 Å². The fourth-order valence-corrected chi connectivity index (χ4v) is 2.75. The van der Waals surface area contributed by atoms with E-state index in [1.165, 1.54) is 10.9 Å². The zero-order valence-corrected chi connectivity index (χ0v) is 11.3. The van der Waals surface area contributed by atoms with Crippen molar-refractivity contribution in [1.82, 2.24) is 24.8 Å². The van der Waals surface area contributed by atoms with Crippen molar-refractivity contribution in [2.45, 2.75) is 12.5 Å². The lowest BCUT2D eigenvalue weighted by Crippen LogP contribution is -2.53. The molecule has 1 aromatic heterocycles. The van der Waals surface area contributed by atoms with Gasteiger partial charge in [0.1, 0.15) is 0 Å². The number of hydrogen-bond donors (Lipinski definition) is 1. The Kier molecular flexibility index (Phi) is 3.17. The Labute approximate surface area is 116 Å². The van der Waals surface area contributed by atoms with Gasteiger partial charge in [0.2, 0.25) is 5.91 Å². The number of aromatic nitrogens is 3. The standard InChI is InChI=1S/C12H17N5O3/c1-15-3-2-8(4-15)11(18)16-5-9(6-16)17-7-10(12(19)20)13-14-17/h7-9H,2-6H2,1H3,(H,19,20). The van der Waals surface area contributed by atoms with Crippen molar-refractivity contribution in [1.29, 1.82) is 0 Å². The van der Waals surface area contributed by atoms with Crippen LogP contribution < -0.4 is 0 Å². The minimum atomic E-state index is -1.09. The van der Waals surface area contributed by atoms with Gasteiger partial charge >= 0.3 is 5.97 Å². The van der Waals surface area contributed by atoms with Gasteiger partial charge in [0, 0.05) is 19.6 Å². The molecule has 1 N–H and O–H groups in total. The van der Waals surface area contributed by atoms with Gasteiger partial charge in [-0.3, -0.25) is 4.79 Å². The summed E-state index contributed by atoms with van der Waals surface area (Å²) in [4.78, 5) is 26.9. The van der Waals surface area contributed by atoms with Gasteiger partial charge in [0.25, 0.3) is 0 Å². The third-order valence-electron chi connectivity index (χ3n) is 4.02. The highest BCUT2D eigenvalue weighted by atomic mass is 16.4. The number of carboxylic acid groups (broad SMARTS) is 1. The van der Waals surface area contributed by atoms with Crippen LogP contribution in [0.4, 0.5) is 0 Å². The molecule has 2 fully saturated rings. The van der Waals surface area contributed by atoms with E-state index < -0.39 is 5.97 Å². The predicted molar refractivity (Wildman–Crippen MR) is 68.2 cm³/mol. The Morgan fingerprint density at radius 3 is 2.65 bits per heavy atom. The summed E-state index contributed by atoms with van der Waals surface area (Å²) < 4.78 is 1.54. The van der Waals surface area contributed by atoms with E-state index in [9.17, 15) is 9.59 Å². The zero-order chi connectivity index (χ0) is 14.3. The molecule has 20 heavy (non-hydrogen) atoms. The van der Waals surface area contributed by atoms with Gasteiger partial charge in [-0.2, -0.15) is 0 Å². The monoisotopic (exact) mass is 279 g/mol. The summed E-state index contributed by atoms with van der Waals surface area (Å²) in [6.45, 7) is 2.97. The molecule has 1 unspecified atom stereocenters. The van der Waals surface area contributed by atoms with Crippen molar-refractivity contribution in [3.05, 3.63) is 11.9 Å². The van der Waals surface area contributed by atoms with Crippen LogP contribution >= 0.6 is 0 Å². The van der Waals surface area contributed by atoms with E-state index >= 15 is 0 Å². The van der Waals surface area contributed by atoms with Gasteiger partial charge in [-0.15, -0.1) is 5.10 Å². The maximum Gasteiger partial charge on any atom is 0.358 e. The Bertz CT molecular complexity index is 537. The predicted octanol–water partition coefficient (Wildman–Crippen LogP) is -0.689. The minimum Gasteiger partial charge on any atom is -0.476 e. The molecular formula is C12H17N5O3. The first-order valence-electron chi connectivity index (χ1n) is 6.67. The van der Waals surface area contributed by atoms with Crippen LogP contribution in [0, 0.1) is 5.92 Å². The average Bonchev–Trinajstić information content (AvgIpc) is 2.96. The molecule has 2 aliphatic heterocycles. The van der Waals surface area contributed by atoms with Gasteiger partial charge in [0.05, 0.1) is 18.2 Å². The quantitative estimate of drug-likeness (QED) is 0.787. The van der Waals surface area contributed by atoms with Crippen LogP contribution in [0.2, 0.25) is 0 Å². The summed E-state index contributed by atoms with van der Waals surface area (Å²) in [5.74, 6) is -0.784. The molecule has 0 radical (unpaired) electrons. The van der Waals surface area contributed by atoms with Crippen molar-refractivity contribution < 1.29 is 14.7 Å². The minimum absolute atomic E-state index is 0.0404. The summed E-state index contributed by atoms with van der Waals surface area (Å²) in [6, 6.07) is 0.0404. The molecule has 2 aliphatic rings. The van der Waals surface area contributed by atoms with Crippen molar-refractivity contribution >= 4 is 11.9 Å². The smallest absolute Gasteiger partial charge is 0.358 e. The first kappa shape index (κ1) is 13.0. The Morgan fingerprint density at radius 2 is 2.10 bits per heavy atom. The number of rotatable bonds is 3. The number of hydrogen-bond acceptors (Lipinski definition) is 5. The molecule has 0 bridgehead atoms. The lowest BCUT2D eigenvalue weighted by Gasteiger charge is -2.40. The summed E-state index contributed by atoms with van der Waals surface area (Å²) >= 11 is 0. The van der Waals surface area contributed by atoms with Crippen LogP contribution in [0.15, 0.2) is 6.20 Å². The highest BCUT2D eigenvalue weighted by Gasteiger charge is 2.38. The largest absolute Gasteiger partial charge is 0.476 e. The Morgan fingerprint density at radius 1 is 1.35 bits per heavy atom. The van der Waals surface area contributed by atoms with Crippen LogP contribution in [-0.4, -0.2) is 75.0 Å². The first-order valence-corrected chi connectivity index (χ1v) is 6.67. The lowest BCUT2D eigenvalue weighted by molar-refractivity contribution is -0.141. The first-order chi connectivity index (χ1) is 9.54. The van der Waals surface area contributed by atoms with Crippen LogP contribution in [0.5, 0.6) is 0 Å². The Balaban J connectivity index is 1.55. The second-order valence-electron chi connectivity index (χ2n) is 5.53. The topological polar surface area (TPSA) is 91.6 Å². The fourth-order valence-electron chi connectivity index (χ4n) is 2.75. The summed E-state index contributed by atoms with van der Waals surface area (Å²) in [6.07, 6.45) is 2.33. The number of likely N-dealkylation sites (tertiary alicyclic amines) is 2. The Hall–Kier alpha value is -1.96.